The average molecular weight is 223 g/mol. The Labute approximate surface area is 95.5 Å². The summed E-state index contributed by atoms with van der Waals surface area (Å²) in [5, 5.41) is 3.24. The van der Waals surface area contributed by atoms with Crippen molar-refractivity contribution in [1.29, 1.82) is 0 Å². The van der Waals surface area contributed by atoms with Crippen LogP contribution in [0.5, 0.6) is 11.5 Å². The minimum atomic E-state index is 0.0517. The number of methoxy groups -OCH3 is 2. The van der Waals surface area contributed by atoms with Crippen LogP contribution in [-0.4, -0.2) is 27.0 Å². The van der Waals surface area contributed by atoms with Crippen molar-refractivity contribution < 1.29 is 14.2 Å². The van der Waals surface area contributed by atoms with E-state index in [9.17, 15) is 0 Å². The van der Waals surface area contributed by atoms with E-state index in [1.54, 1.807) is 14.2 Å². The molecule has 0 aliphatic carbocycles. The van der Waals surface area contributed by atoms with Gasteiger partial charge in [0.15, 0.2) is 0 Å². The van der Waals surface area contributed by atoms with Crippen LogP contribution in [0.25, 0.3) is 0 Å². The number of ether oxygens (including phenoxy) is 3. The molecule has 1 aliphatic heterocycles. The first kappa shape index (κ1) is 11.2. The highest BCUT2D eigenvalue weighted by atomic mass is 16.5. The zero-order valence-corrected chi connectivity index (χ0v) is 9.82. The first-order valence-electron chi connectivity index (χ1n) is 5.35. The number of benzene rings is 1. The van der Waals surface area contributed by atoms with Crippen molar-refractivity contribution in [2.45, 2.75) is 19.3 Å². The van der Waals surface area contributed by atoms with Gasteiger partial charge in [-0.05, 0) is 19.1 Å². The van der Waals surface area contributed by atoms with Gasteiger partial charge in [-0.25, -0.2) is 0 Å². The Balaban J connectivity index is 2.26. The molecule has 0 radical (unpaired) electrons. The van der Waals surface area contributed by atoms with Crippen molar-refractivity contribution in [3.63, 3.8) is 0 Å². The lowest BCUT2D eigenvalue weighted by molar-refractivity contribution is 0.0516. The molecule has 88 valence electrons. The second kappa shape index (κ2) is 4.72. The fraction of sp³-hybridized carbons (Fsp3) is 0.500. The van der Waals surface area contributed by atoms with E-state index in [1.807, 2.05) is 25.1 Å². The highest BCUT2D eigenvalue weighted by Crippen LogP contribution is 2.33. The standard InChI is InChI=1S/C12H17NO3/c1-8-13-7-12(16-8)10-5-4-9(14-2)6-11(10)15-3/h4-6,8,12-13H,7H2,1-3H3. The SMILES string of the molecule is COc1ccc(C2CNC(C)O2)c(OC)c1. The van der Waals surface area contributed by atoms with E-state index in [0.717, 1.165) is 23.6 Å². The van der Waals surface area contributed by atoms with E-state index in [2.05, 4.69) is 5.32 Å². The van der Waals surface area contributed by atoms with Crippen LogP contribution in [0.4, 0.5) is 0 Å². The molecule has 16 heavy (non-hydrogen) atoms. The summed E-state index contributed by atoms with van der Waals surface area (Å²) in [6.45, 7) is 2.81. The summed E-state index contributed by atoms with van der Waals surface area (Å²) in [5.74, 6) is 1.60. The Morgan fingerprint density at radius 3 is 2.69 bits per heavy atom. The van der Waals surface area contributed by atoms with Crippen LogP contribution in [0.1, 0.15) is 18.6 Å². The van der Waals surface area contributed by atoms with Crippen molar-refractivity contribution in [3.8, 4) is 11.5 Å². The summed E-state index contributed by atoms with van der Waals surface area (Å²) in [4.78, 5) is 0. The number of rotatable bonds is 3. The van der Waals surface area contributed by atoms with Crippen LogP contribution >= 0.6 is 0 Å². The first-order valence-corrected chi connectivity index (χ1v) is 5.35. The van der Waals surface area contributed by atoms with Gasteiger partial charge in [-0.3, -0.25) is 5.32 Å². The summed E-state index contributed by atoms with van der Waals surface area (Å²) in [7, 11) is 3.30. The molecule has 1 saturated heterocycles. The molecule has 1 aromatic rings. The van der Waals surface area contributed by atoms with E-state index < -0.39 is 0 Å². The third kappa shape index (κ3) is 2.13. The largest absolute Gasteiger partial charge is 0.497 e. The minimum Gasteiger partial charge on any atom is -0.497 e. The second-order valence-electron chi connectivity index (χ2n) is 3.78. The fourth-order valence-electron chi connectivity index (χ4n) is 1.88. The van der Waals surface area contributed by atoms with E-state index in [0.29, 0.717) is 0 Å². The molecule has 1 aliphatic rings. The van der Waals surface area contributed by atoms with Crippen LogP contribution in [-0.2, 0) is 4.74 Å². The fourth-order valence-corrected chi connectivity index (χ4v) is 1.88. The van der Waals surface area contributed by atoms with Gasteiger partial charge in [0.2, 0.25) is 0 Å². The molecular weight excluding hydrogens is 206 g/mol. The smallest absolute Gasteiger partial charge is 0.128 e. The predicted molar refractivity (Wildman–Crippen MR) is 60.8 cm³/mol. The maximum atomic E-state index is 5.73. The Morgan fingerprint density at radius 1 is 1.31 bits per heavy atom. The third-order valence-corrected chi connectivity index (χ3v) is 2.75. The van der Waals surface area contributed by atoms with E-state index in [4.69, 9.17) is 14.2 Å². The molecule has 2 atom stereocenters. The van der Waals surface area contributed by atoms with Crippen LogP contribution < -0.4 is 14.8 Å². The molecule has 2 rings (SSSR count). The van der Waals surface area contributed by atoms with Gasteiger partial charge >= 0.3 is 0 Å². The summed E-state index contributed by atoms with van der Waals surface area (Å²) in [6.07, 6.45) is 0.146. The van der Waals surface area contributed by atoms with Crippen molar-refractivity contribution in [3.05, 3.63) is 23.8 Å². The van der Waals surface area contributed by atoms with Gasteiger partial charge < -0.3 is 14.2 Å². The first-order chi connectivity index (χ1) is 7.74. The summed E-state index contributed by atoms with van der Waals surface area (Å²) in [5.41, 5.74) is 1.06. The molecule has 4 nitrogen and oxygen atoms in total. The molecule has 1 fully saturated rings. The lowest BCUT2D eigenvalue weighted by Gasteiger charge is -2.15. The van der Waals surface area contributed by atoms with Crippen molar-refractivity contribution in [1.82, 2.24) is 5.32 Å². The molecule has 0 saturated carbocycles. The summed E-state index contributed by atoms with van der Waals surface area (Å²) in [6, 6.07) is 5.79. The van der Waals surface area contributed by atoms with Gasteiger partial charge in [0, 0.05) is 18.2 Å². The molecule has 1 heterocycles. The van der Waals surface area contributed by atoms with Crippen LogP contribution in [0, 0.1) is 0 Å². The van der Waals surface area contributed by atoms with Gasteiger partial charge in [0.1, 0.15) is 23.8 Å². The minimum absolute atomic E-state index is 0.0517. The molecule has 0 spiro atoms. The molecule has 1 aromatic carbocycles. The lowest BCUT2D eigenvalue weighted by Crippen LogP contribution is -2.17. The van der Waals surface area contributed by atoms with Gasteiger partial charge in [-0.1, -0.05) is 0 Å². The zero-order valence-electron chi connectivity index (χ0n) is 9.82. The Kier molecular flexibility index (Phi) is 3.31. The number of hydrogen-bond donors (Lipinski definition) is 1. The van der Waals surface area contributed by atoms with Gasteiger partial charge in [-0.15, -0.1) is 0 Å². The maximum absolute atomic E-state index is 5.73. The van der Waals surface area contributed by atoms with Crippen LogP contribution in [0.3, 0.4) is 0 Å². The van der Waals surface area contributed by atoms with Crippen molar-refractivity contribution in [2.24, 2.45) is 0 Å². The quantitative estimate of drug-likeness (QED) is 0.846. The van der Waals surface area contributed by atoms with Crippen LogP contribution in [0.2, 0.25) is 0 Å². The molecular formula is C12H17NO3. The highest BCUT2D eigenvalue weighted by Gasteiger charge is 2.25. The van der Waals surface area contributed by atoms with E-state index in [1.165, 1.54) is 0 Å². The number of nitrogens with one attached hydrogen (secondary N) is 1. The maximum Gasteiger partial charge on any atom is 0.128 e. The van der Waals surface area contributed by atoms with E-state index in [-0.39, 0.29) is 12.3 Å². The average Bonchev–Trinajstić information content (AvgIpc) is 2.74. The Morgan fingerprint density at radius 2 is 2.12 bits per heavy atom. The zero-order chi connectivity index (χ0) is 11.5. The molecule has 0 amide bonds. The van der Waals surface area contributed by atoms with Crippen molar-refractivity contribution >= 4 is 0 Å². The summed E-state index contributed by atoms with van der Waals surface area (Å²) < 4.78 is 16.2. The molecule has 1 N–H and O–H groups in total. The summed E-state index contributed by atoms with van der Waals surface area (Å²) >= 11 is 0. The molecule has 4 heteroatoms. The van der Waals surface area contributed by atoms with Gasteiger partial charge in [-0.2, -0.15) is 0 Å². The topological polar surface area (TPSA) is 39.7 Å². The van der Waals surface area contributed by atoms with E-state index >= 15 is 0 Å². The lowest BCUT2D eigenvalue weighted by atomic mass is 10.1. The predicted octanol–water partition coefficient (Wildman–Crippen LogP) is 1.71. The Bertz CT molecular complexity index is 367. The molecule has 2 unspecified atom stereocenters. The Hall–Kier alpha value is -1.26. The molecule has 0 aromatic heterocycles. The normalized spacial score (nSPS) is 24.4. The third-order valence-electron chi connectivity index (χ3n) is 2.75. The monoisotopic (exact) mass is 223 g/mol. The number of hydrogen-bond acceptors (Lipinski definition) is 4. The van der Waals surface area contributed by atoms with Crippen LogP contribution in [0.15, 0.2) is 18.2 Å². The highest BCUT2D eigenvalue weighted by molar-refractivity contribution is 5.42. The van der Waals surface area contributed by atoms with Gasteiger partial charge in [0.05, 0.1) is 14.2 Å². The molecule has 0 bridgehead atoms. The second-order valence-corrected chi connectivity index (χ2v) is 3.78. The van der Waals surface area contributed by atoms with Gasteiger partial charge in [0.25, 0.3) is 0 Å². The van der Waals surface area contributed by atoms with Crippen molar-refractivity contribution in [2.75, 3.05) is 20.8 Å².